The Hall–Kier alpha value is -1.47. The zero-order valence-electron chi connectivity index (χ0n) is 10.1. The number of anilines is 1. The second kappa shape index (κ2) is 6.12. The van der Waals surface area contributed by atoms with Crippen LogP contribution in [0.1, 0.15) is 0 Å². The molecule has 1 fully saturated rings. The fourth-order valence-electron chi connectivity index (χ4n) is 1.66. The molecule has 1 saturated heterocycles. The Morgan fingerprint density at radius 1 is 1.21 bits per heavy atom. The van der Waals surface area contributed by atoms with E-state index in [1.807, 2.05) is 0 Å². The summed E-state index contributed by atoms with van der Waals surface area (Å²) in [5, 5.41) is 3.06. The van der Waals surface area contributed by atoms with E-state index in [9.17, 15) is 13.2 Å². The predicted octanol–water partition coefficient (Wildman–Crippen LogP) is 2.41. The number of nitrogens with one attached hydrogen (secondary N) is 1. The van der Waals surface area contributed by atoms with Gasteiger partial charge in [-0.15, -0.1) is 13.2 Å². The summed E-state index contributed by atoms with van der Waals surface area (Å²) in [4.78, 5) is 0. The van der Waals surface area contributed by atoms with Crippen LogP contribution in [0.2, 0.25) is 0 Å². The lowest BCUT2D eigenvalue weighted by molar-refractivity contribution is -0.274. The molecule has 1 aliphatic heterocycles. The maximum Gasteiger partial charge on any atom is 0.573 e. The van der Waals surface area contributed by atoms with Crippen molar-refractivity contribution < 1.29 is 27.4 Å². The molecule has 7 heteroatoms. The van der Waals surface area contributed by atoms with E-state index < -0.39 is 6.36 Å². The van der Waals surface area contributed by atoms with Gasteiger partial charge in [0.15, 0.2) is 0 Å². The van der Waals surface area contributed by atoms with E-state index in [0.717, 1.165) is 0 Å². The quantitative estimate of drug-likeness (QED) is 0.917. The van der Waals surface area contributed by atoms with E-state index in [-0.39, 0.29) is 11.9 Å². The first-order valence-corrected chi connectivity index (χ1v) is 5.82. The van der Waals surface area contributed by atoms with Crippen LogP contribution >= 0.6 is 0 Å². The number of ether oxygens (including phenoxy) is 3. The molecule has 1 N–H and O–H groups in total. The molecular weight excluding hydrogens is 263 g/mol. The lowest BCUT2D eigenvalue weighted by Crippen LogP contribution is -2.34. The van der Waals surface area contributed by atoms with Gasteiger partial charge in [0, 0.05) is 12.2 Å². The van der Waals surface area contributed by atoms with Crippen molar-refractivity contribution in [2.75, 3.05) is 31.7 Å². The monoisotopic (exact) mass is 277 g/mol. The third-order valence-electron chi connectivity index (χ3n) is 2.51. The second-order valence-corrected chi connectivity index (χ2v) is 4.02. The van der Waals surface area contributed by atoms with Gasteiger partial charge in [-0.2, -0.15) is 0 Å². The predicted molar refractivity (Wildman–Crippen MR) is 62.2 cm³/mol. The van der Waals surface area contributed by atoms with E-state index >= 15 is 0 Å². The average Bonchev–Trinajstić information content (AvgIpc) is 2.37. The normalized spacial score (nSPS) is 20.1. The Balaban J connectivity index is 1.81. The van der Waals surface area contributed by atoms with Crippen molar-refractivity contribution in [3.8, 4) is 5.75 Å². The molecule has 0 spiro atoms. The molecule has 2 rings (SSSR count). The Kier molecular flexibility index (Phi) is 4.49. The summed E-state index contributed by atoms with van der Waals surface area (Å²) >= 11 is 0. The minimum Gasteiger partial charge on any atom is -0.406 e. The van der Waals surface area contributed by atoms with Crippen LogP contribution in [0.5, 0.6) is 5.75 Å². The minimum absolute atomic E-state index is 0.0418. The fourth-order valence-corrected chi connectivity index (χ4v) is 1.66. The van der Waals surface area contributed by atoms with E-state index in [1.54, 1.807) is 0 Å². The molecule has 1 atom stereocenters. The van der Waals surface area contributed by atoms with E-state index in [1.165, 1.54) is 24.3 Å². The van der Waals surface area contributed by atoms with Crippen LogP contribution in [-0.2, 0) is 9.47 Å². The van der Waals surface area contributed by atoms with E-state index in [2.05, 4.69) is 10.1 Å². The summed E-state index contributed by atoms with van der Waals surface area (Å²) in [5.41, 5.74) is 0.698. The van der Waals surface area contributed by atoms with Gasteiger partial charge in [0.2, 0.25) is 0 Å². The Morgan fingerprint density at radius 3 is 2.53 bits per heavy atom. The van der Waals surface area contributed by atoms with Gasteiger partial charge in [-0.3, -0.25) is 0 Å². The van der Waals surface area contributed by atoms with E-state index in [4.69, 9.17) is 9.47 Å². The van der Waals surface area contributed by atoms with Gasteiger partial charge in [-0.25, -0.2) is 0 Å². The highest BCUT2D eigenvalue weighted by Crippen LogP contribution is 2.23. The zero-order valence-corrected chi connectivity index (χ0v) is 10.1. The van der Waals surface area contributed by atoms with Gasteiger partial charge in [0.05, 0.1) is 25.9 Å². The number of rotatable bonds is 4. The van der Waals surface area contributed by atoms with Crippen molar-refractivity contribution in [2.45, 2.75) is 12.5 Å². The highest BCUT2D eigenvalue weighted by molar-refractivity contribution is 5.46. The first-order valence-electron chi connectivity index (χ1n) is 5.82. The van der Waals surface area contributed by atoms with Gasteiger partial charge in [-0.05, 0) is 24.3 Å². The summed E-state index contributed by atoms with van der Waals surface area (Å²) in [6.45, 7) is 2.21. The molecule has 0 aromatic heterocycles. The number of hydrogen-bond donors (Lipinski definition) is 1. The lowest BCUT2D eigenvalue weighted by Gasteiger charge is -2.23. The Labute approximate surface area is 108 Å². The van der Waals surface area contributed by atoms with Crippen LogP contribution in [-0.4, -0.2) is 38.8 Å². The van der Waals surface area contributed by atoms with Crippen LogP contribution in [0, 0.1) is 0 Å². The molecular formula is C12H14F3NO3. The Morgan fingerprint density at radius 2 is 1.95 bits per heavy atom. The maximum absolute atomic E-state index is 12.0. The smallest absolute Gasteiger partial charge is 0.406 e. The largest absolute Gasteiger partial charge is 0.573 e. The van der Waals surface area contributed by atoms with Crippen molar-refractivity contribution in [1.29, 1.82) is 0 Å². The van der Waals surface area contributed by atoms with Crippen LogP contribution in [0.4, 0.5) is 18.9 Å². The molecule has 106 valence electrons. The molecule has 4 nitrogen and oxygen atoms in total. The number of hydrogen-bond acceptors (Lipinski definition) is 4. The Bertz CT molecular complexity index is 388. The highest BCUT2D eigenvalue weighted by atomic mass is 19.4. The zero-order chi connectivity index (χ0) is 13.7. The van der Waals surface area contributed by atoms with Crippen LogP contribution in [0.15, 0.2) is 24.3 Å². The van der Waals surface area contributed by atoms with Crippen LogP contribution < -0.4 is 10.1 Å². The van der Waals surface area contributed by atoms with Gasteiger partial charge < -0.3 is 19.5 Å². The van der Waals surface area contributed by atoms with Crippen molar-refractivity contribution in [3.63, 3.8) is 0 Å². The number of halogens is 3. The van der Waals surface area contributed by atoms with Crippen molar-refractivity contribution in [1.82, 2.24) is 0 Å². The first kappa shape index (κ1) is 14.0. The number of benzene rings is 1. The topological polar surface area (TPSA) is 39.7 Å². The second-order valence-electron chi connectivity index (χ2n) is 4.02. The standard InChI is InChI=1S/C12H14F3NO3/c13-12(14,15)19-10-3-1-9(2-4-10)16-7-11-8-17-5-6-18-11/h1-4,11,16H,5-8H2. The van der Waals surface area contributed by atoms with Crippen molar-refractivity contribution in [3.05, 3.63) is 24.3 Å². The molecule has 1 unspecified atom stereocenters. The summed E-state index contributed by atoms with van der Waals surface area (Å²) in [6, 6.07) is 5.55. The summed E-state index contributed by atoms with van der Waals surface area (Å²) in [6.07, 6.45) is -4.71. The van der Waals surface area contributed by atoms with Gasteiger partial charge in [-0.1, -0.05) is 0 Å². The average molecular weight is 277 g/mol. The molecule has 0 amide bonds. The summed E-state index contributed by atoms with van der Waals surface area (Å²) in [7, 11) is 0. The molecule has 1 aromatic carbocycles. The molecule has 0 bridgehead atoms. The SMILES string of the molecule is FC(F)(F)Oc1ccc(NCC2COCCO2)cc1. The molecule has 1 aliphatic rings. The molecule has 19 heavy (non-hydrogen) atoms. The molecule has 0 saturated carbocycles. The third-order valence-corrected chi connectivity index (χ3v) is 2.51. The fraction of sp³-hybridized carbons (Fsp3) is 0.500. The third kappa shape index (κ3) is 4.96. The molecule has 0 radical (unpaired) electrons. The van der Waals surface area contributed by atoms with Gasteiger partial charge >= 0.3 is 6.36 Å². The van der Waals surface area contributed by atoms with Crippen LogP contribution in [0.3, 0.4) is 0 Å². The lowest BCUT2D eigenvalue weighted by atomic mass is 10.3. The van der Waals surface area contributed by atoms with Crippen molar-refractivity contribution in [2.24, 2.45) is 0 Å². The molecule has 1 aromatic rings. The van der Waals surface area contributed by atoms with Gasteiger partial charge in [0.1, 0.15) is 5.75 Å². The number of alkyl halides is 3. The van der Waals surface area contributed by atoms with Gasteiger partial charge in [0.25, 0.3) is 0 Å². The maximum atomic E-state index is 12.0. The minimum atomic E-state index is -4.66. The molecule has 0 aliphatic carbocycles. The summed E-state index contributed by atoms with van der Waals surface area (Å²) < 4.78 is 50.3. The van der Waals surface area contributed by atoms with Crippen molar-refractivity contribution >= 4 is 5.69 Å². The highest BCUT2D eigenvalue weighted by Gasteiger charge is 2.30. The van der Waals surface area contributed by atoms with Crippen LogP contribution in [0.25, 0.3) is 0 Å². The van der Waals surface area contributed by atoms with E-state index in [0.29, 0.717) is 32.1 Å². The summed E-state index contributed by atoms with van der Waals surface area (Å²) in [5.74, 6) is -0.240. The first-order chi connectivity index (χ1) is 9.03. The molecule has 1 heterocycles.